The summed E-state index contributed by atoms with van der Waals surface area (Å²) in [7, 11) is -0.161. The number of aromatic nitrogens is 2. The van der Waals surface area contributed by atoms with E-state index in [9.17, 15) is 4.79 Å². The van der Waals surface area contributed by atoms with E-state index in [1.54, 1.807) is 4.90 Å². The Morgan fingerprint density at radius 3 is 2.38 bits per heavy atom. The highest BCUT2D eigenvalue weighted by Crippen LogP contribution is 2.32. The van der Waals surface area contributed by atoms with E-state index in [1.807, 2.05) is 54.6 Å². The number of hydrogen-bond acceptors (Lipinski definition) is 7. The summed E-state index contributed by atoms with van der Waals surface area (Å²) in [5, 5.41) is 8.29. The molecule has 1 fully saturated rings. The molecule has 37 heavy (non-hydrogen) atoms. The molecule has 9 heteroatoms. The van der Waals surface area contributed by atoms with Gasteiger partial charge in [-0.25, -0.2) is 0 Å². The molecule has 8 nitrogen and oxygen atoms in total. The fraction of sp³-hybridized carbons (Fsp3) is 0.429. The summed E-state index contributed by atoms with van der Waals surface area (Å²) < 4.78 is 12.0. The SMILES string of the molecule is CC[Si](CC)(CC)OCCc1noc(C2CC(=NOC)CN2C(=O)c2ccc(-c3ccccc3)cc2)n1. The Bertz CT molecular complexity index is 1180. The van der Waals surface area contributed by atoms with Crippen molar-refractivity contribution in [1.82, 2.24) is 15.0 Å². The van der Waals surface area contributed by atoms with Gasteiger partial charge < -0.3 is 18.7 Å². The molecule has 0 saturated carbocycles. The third kappa shape index (κ3) is 6.16. The number of likely N-dealkylation sites (tertiary alicyclic amines) is 1. The first-order valence-corrected chi connectivity index (χ1v) is 15.6. The number of rotatable bonds is 11. The molecule has 2 aromatic carbocycles. The molecule has 0 aliphatic carbocycles. The van der Waals surface area contributed by atoms with Gasteiger partial charge in [-0.15, -0.1) is 0 Å². The summed E-state index contributed by atoms with van der Waals surface area (Å²) in [5.41, 5.74) is 3.52. The predicted molar refractivity (Wildman–Crippen MR) is 146 cm³/mol. The quantitative estimate of drug-likeness (QED) is 0.231. The highest BCUT2D eigenvalue weighted by molar-refractivity contribution is 6.73. The van der Waals surface area contributed by atoms with E-state index >= 15 is 0 Å². The summed E-state index contributed by atoms with van der Waals surface area (Å²) in [6.45, 7) is 7.57. The molecule has 0 spiro atoms. The Morgan fingerprint density at radius 1 is 1.05 bits per heavy atom. The van der Waals surface area contributed by atoms with E-state index in [0.717, 1.165) is 35.0 Å². The van der Waals surface area contributed by atoms with Gasteiger partial charge in [0.25, 0.3) is 5.91 Å². The van der Waals surface area contributed by atoms with E-state index in [1.165, 1.54) is 7.11 Å². The van der Waals surface area contributed by atoms with Crippen LogP contribution in [0.4, 0.5) is 0 Å². The van der Waals surface area contributed by atoms with Crippen molar-refractivity contribution < 1.29 is 18.6 Å². The zero-order valence-electron chi connectivity index (χ0n) is 22.1. The van der Waals surface area contributed by atoms with E-state index < -0.39 is 14.4 Å². The van der Waals surface area contributed by atoms with Crippen LogP contribution in [0.25, 0.3) is 11.1 Å². The van der Waals surface area contributed by atoms with Crippen LogP contribution in [0, 0.1) is 0 Å². The zero-order chi connectivity index (χ0) is 26.3. The molecule has 0 bridgehead atoms. The van der Waals surface area contributed by atoms with E-state index in [4.69, 9.17) is 13.8 Å². The minimum Gasteiger partial charge on any atom is -0.416 e. The number of amides is 1. The molecule has 1 saturated heterocycles. The summed E-state index contributed by atoms with van der Waals surface area (Å²) in [6, 6.07) is 20.6. The lowest BCUT2D eigenvalue weighted by molar-refractivity contribution is 0.0713. The third-order valence-electron chi connectivity index (χ3n) is 7.31. The van der Waals surface area contributed by atoms with E-state index in [-0.39, 0.29) is 5.91 Å². The van der Waals surface area contributed by atoms with Crippen LogP contribution in [-0.4, -0.2) is 55.2 Å². The molecule has 1 aromatic heterocycles. The van der Waals surface area contributed by atoms with Crippen LogP contribution in [0.3, 0.4) is 0 Å². The molecule has 2 heterocycles. The summed E-state index contributed by atoms with van der Waals surface area (Å²) >= 11 is 0. The summed E-state index contributed by atoms with van der Waals surface area (Å²) in [6.07, 6.45) is 1.07. The van der Waals surface area contributed by atoms with Gasteiger partial charge in [0, 0.05) is 25.0 Å². The fourth-order valence-electron chi connectivity index (χ4n) is 4.86. The van der Waals surface area contributed by atoms with Gasteiger partial charge in [-0.1, -0.05) is 73.5 Å². The highest BCUT2D eigenvalue weighted by Gasteiger charge is 2.38. The Hall–Kier alpha value is -3.30. The number of carbonyl (C=O) groups is 1. The minimum atomic E-state index is -1.67. The second-order valence-corrected chi connectivity index (χ2v) is 14.1. The van der Waals surface area contributed by atoms with Crippen molar-refractivity contribution >= 4 is 19.9 Å². The van der Waals surface area contributed by atoms with Crippen molar-refractivity contribution in [2.75, 3.05) is 20.3 Å². The van der Waals surface area contributed by atoms with Crippen LogP contribution in [-0.2, 0) is 15.7 Å². The molecule has 0 radical (unpaired) electrons. The largest absolute Gasteiger partial charge is 0.416 e. The van der Waals surface area contributed by atoms with Gasteiger partial charge in [0.15, 0.2) is 14.1 Å². The monoisotopic (exact) mass is 520 g/mol. The second kappa shape index (κ2) is 12.3. The average molecular weight is 521 g/mol. The predicted octanol–water partition coefficient (Wildman–Crippen LogP) is 5.89. The standard InChI is InChI=1S/C28H36N4O4Si/c1-5-37(6-2,7-3)35-18-17-26-29-27(36-31-26)25-19-24(30-34-4)20-32(25)28(33)23-15-13-22(14-16-23)21-11-9-8-10-12-21/h8-16,25H,5-7,17-20H2,1-4H3. The molecule has 196 valence electrons. The highest BCUT2D eigenvalue weighted by atomic mass is 28.4. The lowest BCUT2D eigenvalue weighted by Crippen LogP contribution is -2.36. The van der Waals surface area contributed by atoms with Crippen molar-refractivity contribution in [2.24, 2.45) is 5.16 Å². The number of carbonyl (C=O) groups excluding carboxylic acids is 1. The summed E-state index contributed by atoms with van der Waals surface area (Å²) in [5.74, 6) is 0.895. The molecule has 3 aromatic rings. The van der Waals surface area contributed by atoms with Crippen molar-refractivity contribution in [1.29, 1.82) is 0 Å². The molecule has 1 aliphatic rings. The second-order valence-electron chi connectivity index (χ2n) is 9.33. The lowest BCUT2D eigenvalue weighted by atomic mass is 10.0. The summed E-state index contributed by atoms with van der Waals surface area (Å²) in [4.78, 5) is 24.9. The first kappa shape index (κ1) is 26.8. The van der Waals surface area contributed by atoms with Crippen molar-refractivity contribution in [3.63, 3.8) is 0 Å². The smallest absolute Gasteiger partial charge is 0.254 e. The van der Waals surface area contributed by atoms with E-state index in [2.05, 4.69) is 36.1 Å². The Labute approximate surface area is 219 Å². The molecular formula is C28H36N4O4Si. The van der Waals surface area contributed by atoms with Gasteiger partial charge in [0.2, 0.25) is 5.89 Å². The van der Waals surface area contributed by atoms with Crippen molar-refractivity contribution in [3.05, 3.63) is 71.9 Å². The number of oxime groups is 1. The van der Waals surface area contributed by atoms with Crippen LogP contribution in [0.15, 0.2) is 64.3 Å². The average Bonchev–Trinajstić information content (AvgIpc) is 3.59. The molecule has 1 amide bonds. The van der Waals surface area contributed by atoms with Crippen molar-refractivity contribution in [3.8, 4) is 11.1 Å². The van der Waals surface area contributed by atoms with Gasteiger partial charge in [-0.2, -0.15) is 4.98 Å². The third-order valence-corrected chi connectivity index (χ3v) is 12.0. The Balaban J connectivity index is 1.48. The Morgan fingerprint density at radius 2 is 1.73 bits per heavy atom. The maximum Gasteiger partial charge on any atom is 0.254 e. The van der Waals surface area contributed by atoms with Crippen LogP contribution >= 0.6 is 0 Å². The van der Waals surface area contributed by atoms with Crippen LogP contribution in [0.5, 0.6) is 0 Å². The normalized spacial score (nSPS) is 16.9. The molecule has 1 atom stereocenters. The number of nitrogens with zero attached hydrogens (tertiary/aromatic N) is 4. The van der Waals surface area contributed by atoms with E-state index in [0.29, 0.717) is 43.3 Å². The molecule has 4 rings (SSSR count). The van der Waals surface area contributed by atoms with Crippen LogP contribution in [0.2, 0.25) is 18.1 Å². The molecular weight excluding hydrogens is 484 g/mol. The zero-order valence-corrected chi connectivity index (χ0v) is 23.1. The van der Waals surface area contributed by atoms with Gasteiger partial charge in [0.05, 0.1) is 12.3 Å². The number of benzene rings is 2. The number of hydrogen-bond donors (Lipinski definition) is 0. The van der Waals surface area contributed by atoms with Crippen molar-refractivity contribution in [2.45, 2.75) is 57.8 Å². The lowest BCUT2D eigenvalue weighted by Gasteiger charge is -2.27. The van der Waals surface area contributed by atoms with Gasteiger partial charge in [0.1, 0.15) is 13.2 Å². The van der Waals surface area contributed by atoms with Crippen LogP contribution in [0.1, 0.15) is 55.3 Å². The minimum absolute atomic E-state index is 0.112. The van der Waals surface area contributed by atoms with Gasteiger partial charge in [-0.3, -0.25) is 4.79 Å². The van der Waals surface area contributed by atoms with Gasteiger partial charge >= 0.3 is 0 Å². The first-order chi connectivity index (χ1) is 18.0. The van der Waals surface area contributed by atoms with Gasteiger partial charge in [-0.05, 0) is 41.4 Å². The first-order valence-electron chi connectivity index (χ1n) is 13.0. The fourth-order valence-corrected chi connectivity index (χ4v) is 7.50. The molecule has 1 aliphatic heterocycles. The Kier molecular flexibility index (Phi) is 8.89. The molecule has 0 N–H and O–H groups in total. The van der Waals surface area contributed by atoms with Crippen LogP contribution < -0.4 is 0 Å². The molecule has 1 unspecified atom stereocenters. The topological polar surface area (TPSA) is 90.1 Å². The maximum absolute atomic E-state index is 13.5. The maximum atomic E-state index is 13.5.